The van der Waals surface area contributed by atoms with Gasteiger partial charge in [0.2, 0.25) is 0 Å². The van der Waals surface area contributed by atoms with E-state index in [1.54, 1.807) is 20.3 Å². The number of hydrogen-bond donors (Lipinski definition) is 3. The zero-order valence-corrected chi connectivity index (χ0v) is 22.1. The Labute approximate surface area is 214 Å². The van der Waals surface area contributed by atoms with E-state index in [2.05, 4.69) is 39.8 Å². The number of likely N-dealkylation sites (tertiary alicyclic amines) is 1. The molecular formula is C25H37IN4O3. The predicted molar refractivity (Wildman–Crippen MR) is 144 cm³/mol. The maximum atomic E-state index is 10.7. The zero-order chi connectivity index (χ0) is 22.8. The number of rotatable bonds is 10. The largest absolute Gasteiger partial charge is 0.497 e. The first kappa shape index (κ1) is 27.2. The number of nitrogens with one attached hydrogen (secondary N) is 2. The summed E-state index contributed by atoms with van der Waals surface area (Å²) in [6, 6.07) is 16.3. The topological polar surface area (TPSA) is 78.4 Å². The van der Waals surface area contributed by atoms with Gasteiger partial charge in [-0.15, -0.1) is 24.0 Å². The van der Waals surface area contributed by atoms with Gasteiger partial charge in [0.15, 0.2) is 5.96 Å². The average molecular weight is 569 g/mol. The van der Waals surface area contributed by atoms with Crippen LogP contribution in [0.15, 0.2) is 53.5 Å². The van der Waals surface area contributed by atoms with Gasteiger partial charge in [-0.3, -0.25) is 9.89 Å². The zero-order valence-electron chi connectivity index (χ0n) is 19.8. The van der Waals surface area contributed by atoms with Crippen molar-refractivity contribution in [2.75, 3.05) is 46.9 Å². The maximum Gasteiger partial charge on any atom is 0.191 e. The molecule has 0 spiro atoms. The summed E-state index contributed by atoms with van der Waals surface area (Å²) in [7, 11) is 3.20. The fraction of sp³-hybridized carbons (Fsp3) is 0.480. The van der Waals surface area contributed by atoms with E-state index in [-0.39, 0.29) is 30.0 Å². The number of benzene rings is 2. The summed E-state index contributed by atoms with van der Waals surface area (Å²) in [5, 5.41) is 17.3. The number of halogens is 1. The third kappa shape index (κ3) is 8.04. The quantitative estimate of drug-likeness (QED) is 0.230. The van der Waals surface area contributed by atoms with E-state index in [1.807, 2.05) is 25.1 Å². The molecule has 7 nitrogen and oxygen atoms in total. The monoisotopic (exact) mass is 568 g/mol. The van der Waals surface area contributed by atoms with E-state index in [9.17, 15) is 5.11 Å². The molecule has 182 valence electrons. The van der Waals surface area contributed by atoms with E-state index >= 15 is 0 Å². The summed E-state index contributed by atoms with van der Waals surface area (Å²) in [4.78, 5) is 7.37. The molecule has 1 aliphatic heterocycles. The number of methoxy groups -OCH3 is 2. The third-order valence-corrected chi connectivity index (χ3v) is 5.75. The maximum absolute atomic E-state index is 10.7. The first-order chi connectivity index (χ1) is 15.6. The summed E-state index contributed by atoms with van der Waals surface area (Å²) in [5.41, 5.74) is 2.02. The molecule has 2 aromatic carbocycles. The highest BCUT2D eigenvalue weighted by atomic mass is 127. The number of aliphatic hydroxyl groups is 1. The van der Waals surface area contributed by atoms with Crippen molar-refractivity contribution in [3.63, 3.8) is 0 Å². The van der Waals surface area contributed by atoms with Crippen LogP contribution in [0.1, 0.15) is 43.0 Å². The lowest BCUT2D eigenvalue weighted by Gasteiger charge is -2.27. The lowest BCUT2D eigenvalue weighted by molar-refractivity contribution is 0.180. The summed E-state index contributed by atoms with van der Waals surface area (Å²) in [6.07, 6.45) is 1.75. The fourth-order valence-electron chi connectivity index (χ4n) is 4.01. The van der Waals surface area contributed by atoms with Crippen LogP contribution in [0, 0.1) is 0 Å². The summed E-state index contributed by atoms with van der Waals surface area (Å²) in [5.74, 6) is 1.99. The van der Waals surface area contributed by atoms with Crippen molar-refractivity contribution in [3.8, 4) is 11.5 Å². The van der Waals surface area contributed by atoms with Crippen molar-refractivity contribution in [2.45, 2.75) is 31.9 Å². The van der Waals surface area contributed by atoms with Crippen LogP contribution in [0.5, 0.6) is 11.5 Å². The Balaban J connectivity index is 0.00000385. The number of guanidine groups is 1. The van der Waals surface area contributed by atoms with Gasteiger partial charge in [0.05, 0.1) is 32.9 Å². The van der Waals surface area contributed by atoms with Crippen molar-refractivity contribution in [1.82, 2.24) is 15.5 Å². The van der Waals surface area contributed by atoms with Crippen LogP contribution in [0.4, 0.5) is 0 Å². The smallest absolute Gasteiger partial charge is 0.191 e. The second-order valence-electron chi connectivity index (χ2n) is 7.93. The molecule has 2 unspecified atom stereocenters. The van der Waals surface area contributed by atoms with Crippen LogP contribution in [0.3, 0.4) is 0 Å². The van der Waals surface area contributed by atoms with Crippen LogP contribution >= 0.6 is 24.0 Å². The Bertz CT molecular complexity index is 838. The minimum absolute atomic E-state index is 0. The highest BCUT2D eigenvalue weighted by molar-refractivity contribution is 14.0. The number of nitrogens with zero attached hydrogens (tertiary/aromatic N) is 2. The Morgan fingerprint density at radius 3 is 2.21 bits per heavy atom. The fourth-order valence-corrected chi connectivity index (χ4v) is 4.01. The predicted octanol–water partition coefficient (Wildman–Crippen LogP) is 3.75. The Morgan fingerprint density at radius 1 is 1.00 bits per heavy atom. The van der Waals surface area contributed by atoms with Crippen molar-refractivity contribution in [2.24, 2.45) is 4.99 Å². The Hall–Kier alpha value is -2.04. The molecule has 2 aromatic rings. The molecule has 2 atom stereocenters. The van der Waals surface area contributed by atoms with Crippen molar-refractivity contribution >= 4 is 29.9 Å². The molecule has 1 saturated heterocycles. The molecule has 0 radical (unpaired) electrons. The van der Waals surface area contributed by atoms with Gasteiger partial charge in [0.25, 0.3) is 0 Å². The second kappa shape index (κ2) is 14.3. The standard InChI is InChI=1S/C25H36N4O3.HI/c1-4-26-25(28-18-24(30)20-14-21(31-2)16-22(15-20)32-3)27-17-23(29-12-8-9-13-29)19-10-6-5-7-11-19;/h5-7,10-11,14-16,23-24,30H,4,8-9,12-13,17-18H2,1-3H3,(H2,26,27,28);1H. The molecule has 0 amide bonds. The SMILES string of the molecule is CCNC(=NCC(c1ccccc1)N1CCCC1)NCC(O)c1cc(OC)cc(OC)c1.I. The minimum Gasteiger partial charge on any atom is -0.497 e. The number of ether oxygens (including phenoxy) is 2. The van der Waals surface area contributed by atoms with Gasteiger partial charge in [-0.05, 0) is 56.1 Å². The normalized spacial score (nSPS) is 15.9. The molecule has 1 fully saturated rings. The van der Waals surface area contributed by atoms with Gasteiger partial charge in [-0.2, -0.15) is 0 Å². The van der Waals surface area contributed by atoms with Crippen molar-refractivity contribution in [3.05, 3.63) is 59.7 Å². The summed E-state index contributed by atoms with van der Waals surface area (Å²) >= 11 is 0. The highest BCUT2D eigenvalue weighted by Gasteiger charge is 2.23. The molecule has 33 heavy (non-hydrogen) atoms. The van der Waals surface area contributed by atoms with Gasteiger partial charge in [0.1, 0.15) is 11.5 Å². The molecule has 3 rings (SSSR count). The van der Waals surface area contributed by atoms with Gasteiger partial charge in [-0.1, -0.05) is 30.3 Å². The first-order valence-corrected chi connectivity index (χ1v) is 11.4. The minimum atomic E-state index is -0.730. The van der Waals surface area contributed by atoms with Crippen LogP contribution < -0.4 is 20.1 Å². The second-order valence-corrected chi connectivity index (χ2v) is 7.93. The Kier molecular flexibility index (Phi) is 11.8. The van der Waals surface area contributed by atoms with Gasteiger partial charge in [-0.25, -0.2) is 0 Å². The molecule has 0 saturated carbocycles. The number of hydrogen-bond acceptors (Lipinski definition) is 5. The van der Waals surface area contributed by atoms with E-state index in [0.717, 1.165) is 25.2 Å². The molecule has 0 aliphatic carbocycles. The van der Waals surface area contributed by atoms with Crippen molar-refractivity contribution in [1.29, 1.82) is 0 Å². The van der Waals surface area contributed by atoms with Crippen LogP contribution in [-0.2, 0) is 0 Å². The molecule has 0 aromatic heterocycles. The molecular weight excluding hydrogens is 531 g/mol. The van der Waals surface area contributed by atoms with Crippen molar-refractivity contribution < 1.29 is 14.6 Å². The van der Waals surface area contributed by atoms with E-state index in [1.165, 1.54) is 18.4 Å². The molecule has 1 aliphatic rings. The van der Waals surface area contributed by atoms with Gasteiger partial charge >= 0.3 is 0 Å². The van der Waals surface area contributed by atoms with E-state index < -0.39 is 6.10 Å². The van der Waals surface area contributed by atoms with Crippen LogP contribution in [0.25, 0.3) is 0 Å². The first-order valence-electron chi connectivity index (χ1n) is 11.4. The van der Waals surface area contributed by atoms with Crippen LogP contribution in [-0.4, -0.2) is 62.9 Å². The Morgan fingerprint density at radius 2 is 1.64 bits per heavy atom. The van der Waals surface area contributed by atoms with Gasteiger partial charge < -0.3 is 25.2 Å². The summed E-state index contributed by atoms with van der Waals surface area (Å²) < 4.78 is 10.6. The van der Waals surface area contributed by atoms with E-state index in [0.29, 0.717) is 30.5 Å². The molecule has 3 N–H and O–H groups in total. The lowest BCUT2D eigenvalue weighted by atomic mass is 10.1. The third-order valence-electron chi connectivity index (χ3n) is 5.75. The molecule has 0 bridgehead atoms. The molecule has 8 heteroatoms. The number of aliphatic hydroxyl groups excluding tert-OH is 1. The number of aliphatic imine (C=N–C) groups is 1. The highest BCUT2D eigenvalue weighted by Crippen LogP contribution is 2.27. The lowest BCUT2D eigenvalue weighted by Crippen LogP contribution is -2.40. The van der Waals surface area contributed by atoms with Gasteiger partial charge in [0, 0.05) is 19.2 Å². The van der Waals surface area contributed by atoms with Crippen LogP contribution in [0.2, 0.25) is 0 Å². The van der Waals surface area contributed by atoms with E-state index in [4.69, 9.17) is 14.5 Å². The summed E-state index contributed by atoms with van der Waals surface area (Å²) in [6.45, 7) is 5.97. The molecule has 1 heterocycles. The average Bonchev–Trinajstić information content (AvgIpc) is 3.37.